The molecule has 2 aromatic rings. The first-order chi connectivity index (χ1) is 15.2. The van der Waals surface area contributed by atoms with Gasteiger partial charge in [-0.3, -0.25) is 19.2 Å². The van der Waals surface area contributed by atoms with E-state index in [9.17, 15) is 36.5 Å². The van der Waals surface area contributed by atoms with E-state index in [1.807, 2.05) is 5.43 Å². The normalized spacial score (nSPS) is 11.9. The van der Waals surface area contributed by atoms with E-state index in [0.29, 0.717) is 22.7 Å². The maximum Gasteiger partial charge on any atom is 0.416 e. The van der Waals surface area contributed by atoms with Gasteiger partial charge >= 0.3 is 11.9 Å². The number of sulfonamides is 1. The molecule has 0 aliphatic carbocycles. The van der Waals surface area contributed by atoms with Crippen LogP contribution in [0.1, 0.15) is 11.1 Å². The van der Waals surface area contributed by atoms with Crippen molar-refractivity contribution in [1.82, 2.24) is 5.43 Å². The first-order valence-corrected chi connectivity index (χ1v) is 11.0. The smallest absolute Gasteiger partial charge is 0.416 e. The number of methoxy groups -OCH3 is 1. The van der Waals surface area contributed by atoms with E-state index < -0.39 is 44.8 Å². The molecule has 2 rings (SSSR count). The second-order valence-corrected chi connectivity index (χ2v) is 8.73. The minimum absolute atomic E-state index is 0.00273. The molecule has 0 saturated carbocycles. The van der Waals surface area contributed by atoms with E-state index in [0.717, 1.165) is 18.3 Å². The fourth-order valence-electron chi connectivity index (χ4n) is 2.54. The van der Waals surface area contributed by atoms with Crippen LogP contribution < -0.4 is 14.5 Å². The summed E-state index contributed by atoms with van der Waals surface area (Å²) in [5, 5.41) is 14.3. The lowest BCUT2D eigenvalue weighted by atomic mass is 10.2. The second-order valence-electron chi connectivity index (χ2n) is 6.42. The minimum atomic E-state index is -4.77. The molecule has 15 heteroatoms. The predicted octanol–water partition coefficient (Wildman–Crippen LogP) is 3.19. The fourth-order valence-corrected chi connectivity index (χ4v) is 3.67. The van der Waals surface area contributed by atoms with Crippen LogP contribution in [0.2, 0.25) is 5.02 Å². The van der Waals surface area contributed by atoms with Crippen LogP contribution in [0, 0.1) is 10.1 Å². The number of hydrogen-bond donors (Lipinski definition) is 1. The summed E-state index contributed by atoms with van der Waals surface area (Å²) < 4.78 is 68.6. The average molecular weight is 509 g/mol. The monoisotopic (exact) mass is 508 g/mol. The highest BCUT2D eigenvalue weighted by Crippen LogP contribution is 2.36. The topological polar surface area (TPSA) is 131 Å². The van der Waals surface area contributed by atoms with Gasteiger partial charge in [-0.05, 0) is 30.3 Å². The summed E-state index contributed by atoms with van der Waals surface area (Å²) in [4.78, 5) is 22.6. The molecule has 0 spiro atoms. The van der Waals surface area contributed by atoms with E-state index in [2.05, 4.69) is 5.10 Å². The Morgan fingerprint density at radius 2 is 1.97 bits per heavy atom. The van der Waals surface area contributed by atoms with Crippen LogP contribution in [0.5, 0.6) is 5.75 Å². The van der Waals surface area contributed by atoms with Gasteiger partial charge in [-0.2, -0.15) is 18.3 Å². The Morgan fingerprint density at radius 1 is 1.30 bits per heavy atom. The first kappa shape index (κ1) is 25.9. The highest BCUT2D eigenvalue weighted by Gasteiger charge is 2.33. The average Bonchev–Trinajstić information content (AvgIpc) is 2.70. The summed E-state index contributed by atoms with van der Waals surface area (Å²) in [6.07, 6.45) is -3.03. The van der Waals surface area contributed by atoms with Crippen LogP contribution in [-0.2, 0) is 21.0 Å². The Kier molecular flexibility index (Phi) is 7.87. The molecule has 0 atom stereocenters. The largest absolute Gasteiger partial charge is 0.490 e. The number of nitrogens with one attached hydrogen (secondary N) is 1. The van der Waals surface area contributed by atoms with Crippen molar-refractivity contribution in [1.29, 1.82) is 0 Å². The minimum Gasteiger partial charge on any atom is -0.490 e. The van der Waals surface area contributed by atoms with Crippen LogP contribution in [-0.4, -0.2) is 45.4 Å². The number of halogens is 4. The highest BCUT2D eigenvalue weighted by molar-refractivity contribution is 7.92. The molecule has 178 valence electrons. The molecular formula is C18H16ClF3N4O6S. The molecule has 0 aliphatic heterocycles. The SMILES string of the molecule is COc1ccc(C=NNC(=O)CN(c2cc(C(F)(F)F)ccc2Cl)S(C)(=O)=O)cc1[N+](=O)[O-]. The molecule has 0 radical (unpaired) electrons. The Balaban J connectivity index is 2.23. The maximum atomic E-state index is 13.0. The van der Waals surface area contributed by atoms with Crippen molar-refractivity contribution < 1.29 is 36.0 Å². The number of nitro benzene ring substituents is 1. The van der Waals surface area contributed by atoms with Crippen LogP contribution in [0.4, 0.5) is 24.5 Å². The van der Waals surface area contributed by atoms with Crippen molar-refractivity contribution in [3.63, 3.8) is 0 Å². The number of hydrogen-bond acceptors (Lipinski definition) is 7. The lowest BCUT2D eigenvalue weighted by molar-refractivity contribution is -0.385. The predicted molar refractivity (Wildman–Crippen MR) is 114 cm³/mol. The Bertz CT molecular complexity index is 1200. The molecule has 1 N–H and O–H groups in total. The molecular weight excluding hydrogens is 493 g/mol. The Labute approximate surface area is 190 Å². The van der Waals surface area contributed by atoms with Gasteiger partial charge in [-0.25, -0.2) is 13.8 Å². The van der Waals surface area contributed by atoms with Crippen LogP contribution in [0.15, 0.2) is 41.5 Å². The molecule has 0 aromatic heterocycles. The van der Waals surface area contributed by atoms with Gasteiger partial charge in [0.15, 0.2) is 5.75 Å². The van der Waals surface area contributed by atoms with E-state index >= 15 is 0 Å². The van der Waals surface area contributed by atoms with Gasteiger partial charge in [0.25, 0.3) is 5.91 Å². The summed E-state index contributed by atoms with van der Waals surface area (Å²) in [6.45, 7) is -0.931. The third kappa shape index (κ3) is 6.79. The lowest BCUT2D eigenvalue weighted by Gasteiger charge is -2.23. The number of rotatable bonds is 8. The van der Waals surface area contributed by atoms with Gasteiger partial charge in [0.05, 0.1) is 40.8 Å². The number of benzene rings is 2. The van der Waals surface area contributed by atoms with Crippen LogP contribution in [0.3, 0.4) is 0 Å². The molecule has 0 fully saturated rings. The van der Waals surface area contributed by atoms with Crippen molar-refractivity contribution in [3.05, 3.63) is 62.7 Å². The number of anilines is 1. The van der Waals surface area contributed by atoms with Crippen molar-refractivity contribution in [2.24, 2.45) is 5.10 Å². The van der Waals surface area contributed by atoms with Gasteiger partial charge in [0.2, 0.25) is 10.0 Å². The number of amides is 1. The van der Waals surface area contributed by atoms with Crippen LogP contribution in [0.25, 0.3) is 0 Å². The number of carbonyl (C=O) groups is 1. The summed E-state index contributed by atoms with van der Waals surface area (Å²) in [5.41, 5.74) is 0.163. The van der Waals surface area contributed by atoms with Gasteiger partial charge in [-0.15, -0.1) is 0 Å². The van der Waals surface area contributed by atoms with E-state index in [-0.39, 0.29) is 22.0 Å². The Morgan fingerprint density at radius 3 is 2.52 bits per heavy atom. The lowest BCUT2D eigenvalue weighted by Crippen LogP contribution is -2.39. The van der Waals surface area contributed by atoms with Gasteiger partial charge < -0.3 is 4.74 Å². The summed E-state index contributed by atoms with van der Waals surface area (Å²) >= 11 is 5.88. The standard InChI is InChI=1S/C18H16ClF3N4O6S/c1-32-16-6-3-11(7-15(16)26(28)29)9-23-24-17(27)10-25(33(2,30)31)14-8-12(18(20,21)22)4-5-13(14)19/h3-9H,10H2,1-2H3,(H,24,27). The van der Waals surface area contributed by atoms with Crippen molar-refractivity contribution in [2.75, 3.05) is 24.2 Å². The van der Waals surface area contributed by atoms with Gasteiger partial charge in [-0.1, -0.05) is 11.6 Å². The zero-order valence-corrected chi connectivity index (χ0v) is 18.5. The Hall–Kier alpha value is -3.39. The number of nitro groups is 1. The molecule has 2 aromatic carbocycles. The molecule has 1 amide bonds. The van der Waals surface area contributed by atoms with Crippen molar-refractivity contribution >= 4 is 45.1 Å². The van der Waals surface area contributed by atoms with Gasteiger partial charge in [0.1, 0.15) is 6.54 Å². The zero-order valence-electron chi connectivity index (χ0n) is 17.0. The molecule has 0 bridgehead atoms. The molecule has 0 unspecified atom stereocenters. The third-order valence-electron chi connectivity index (χ3n) is 4.03. The van der Waals surface area contributed by atoms with Crippen molar-refractivity contribution in [3.8, 4) is 5.75 Å². The number of hydrazone groups is 1. The summed E-state index contributed by atoms with van der Waals surface area (Å²) in [7, 11) is -2.97. The molecule has 33 heavy (non-hydrogen) atoms. The second kappa shape index (κ2) is 10.0. The quantitative estimate of drug-likeness (QED) is 0.331. The van der Waals surface area contributed by atoms with E-state index in [1.165, 1.54) is 19.2 Å². The van der Waals surface area contributed by atoms with Crippen molar-refractivity contribution in [2.45, 2.75) is 6.18 Å². The molecule has 0 saturated heterocycles. The van der Waals surface area contributed by atoms with E-state index in [4.69, 9.17) is 16.3 Å². The number of carbonyl (C=O) groups excluding carboxylic acids is 1. The molecule has 0 heterocycles. The zero-order chi connectivity index (χ0) is 25.0. The number of ether oxygens (including phenoxy) is 1. The maximum absolute atomic E-state index is 13.0. The first-order valence-electron chi connectivity index (χ1n) is 8.73. The molecule has 0 aliphatic rings. The number of alkyl halides is 3. The van der Waals surface area contributed by atoms with Crippen LogP contribution >= 0.6 is 11.6 Å². The van der Waals surface area contributed by atoms with E-state index in [1.54, 1.807) is 0 Å². The third-order valence-corrected chi connectivity index (χ3v) is 5.48. The fraction of sp³-hybridized carbons (Fsp3) is 0.222. The molecule has 10 nitrogen and oxygen atoms in total. The highest BCUT2D eigenvalue weighted by atomic mass is 35.5. The van der Waals surface area contributed by atoms with Gasteiger partial charge in [0, 0.05) is 11.6 Å². The summed E-state index contributed by atoms with van der Waals surface area (Å²) in [6, 6.07) is 5.89. The number of nitrogens with zero attached hydrogens (tertiary/aromatic N) is 3. The summed E-state index contributed by atoms with van der Waals surface area (Å²) in [5.74, 6) is -1.00.